The highest BCUT2D eigenvalue weighted by molar-refractivity contribution is 6.19. The molecule has 0 aromatic heterocycles. The molecular formula is C38H44O9. The Morgan fingerprint density at radius 3 is 2.43 bits per heavy atom. The van der Waals surface area contributed by atoms with Gasteiger partial charge in [-0.15, -0.1) is 0 Å². The summed E-state index contributed by atoms with van der Waals surface area (Å²) in [6, 6.07) is 0. The van der Waals surface area contributed by atoms with Crippen LogP contribution in [0, 0.1) is 11.8 Å². The Hall–Kier alpha value is -3.95. The highest BCUT2D eigenvalue weighted by Gasteiger charge is 2.81. The van der Waals surface area contributed by atoms with Gasteiger partial charge in [0.15, 0.2) is 22.8 Å². The standard InChI is InChI=1S/C38H44O9/c1-20(2)9-8-14-36(7)15-13-24-29(40)28-30(41)26-17-23-18-27-35(5,6)47-37(33(23)42,16-12-22(4)34(43)44)38(26,27)46-32(28)25(31(24)45-36)11-10-21(3)19-39/h9-10,12-13,15,17,23,27,39-40H,8,11,14,16,18-19H2,1-7H3,(H,43,44)/b21-10+,22-12-/t23-,27?,36+,37?,38?/m1/s1. The molecule has 1 saturated heterocycles. The second-order valence-electron chi connectivity index (χ2n) is 14.7. The molecule has 47 heavy (non-hydrogen) atoms. The lowest BCUT2D eigenvalue weighted by Crippen LogP contribution is -2.72. The lowest BCUT2D eigenvalue weighted by molar-refractivity contribution is -0.171. The first-order chi connectivity index (χ1) is 22.0. The molecule has 7 rings (SSSR count). The summed E-state index contributed by atoms with van der Waals surface area (Å²) in [4.78, 5) is 40.8. The van der Waals surface area contributed by atoms with E-state index in [4.69, 9.17) is 14.2 Å². The number of benzene rings is 1. The Bertz CT molecular complexity index is 1750. The van der Waals surface area contributed by atoms with Crippen molar-refractivity contribution in [2.24, 2.45) is 11.8 Å². The third-order valence-electron chi connectivity index (χ3n) is 10.7. The predicted molar refractivity (Wildman–Crippen MR) is 176 cm³/mol. The van der Waals surface area contributed by atoms with Gasteiger partial charge in [-0.2, -0.15) is 0 Å². The van der Waals surface area contributed by atoms with Crippen LogP contribution in [0.1, 0.15) is 95.6 Å². The summed E-state index contributed by atoms with van der Waals surface area (Å²) < 4.78 is 20.5. The summed E-state index contributed by atoms with van der Waals surface area (Å²) in [6.07, 6.45) is 12.7. The SMILES string of the molecule is CC(C)=CCC[C@@]1(C)C=Cc2c(O)c3c(c(C/C=C(\C)CO)c2O1)OC12C(=C[C@@H]4CC1C(C)(C)OC2(C/C=C(/C)C(=O)O)C4=O)C3=O. The molecule has 1 aromatic carbocycles. The van der Waals surface area contributed by atoms with Crippen LogP contribution < -0.4 is 9.47 Å². The summed E-state index contributed by atoms with van der Waals surface area (Å²) >= 11 is 0. The van der Waals surface area contributed by atoms with Gasteiger partial charge in [0.25, 0.3) is 0 Å². The number of fused-ring (bicyclic) bond motifs is 2. The van der Waals surface area contributed by atoms with E-state index >= 15 is 0 Å². The minimum Gasteiger partial charge on any atom is -0.506 e. The number of aliphatic hydroxyl groups is 1. The number of aliphatic carboxylic acids is 1. The quantitative estimate of drug-likeness (QED) is 0.211. The van der Waals surface area contributed by atoms with Crippen molar-refractivity contribution in [1.82, 2.24) is 0 Å². The molecule has 3 aliphatic heterocycles. The number of ketones is 2. The second-order valence-corrected chi connectivity index (χ2v) is 14.7. The summed E-state index contributed by atoms with van der Waals surface area (Å²) in [7, 11) is 0. The van der Waals surface area contributed by atoms with E-state index in [-0.39, 0.29) is 53.4 Å². The third kappa shape index (κ3) is 4.76. The minimum absolute atomic E-state index is 0.00307. The number of aromatic hydroxyl groups is 1. The smallest absolute Gasteiger partial charge is 0.330 e. The van der Waals surface area contributed by atoms with Crippen molar-refractivity contribution in [3.63, 3.8) is 0 Å². The molecule has 3 unspecified atom stereocenters. The highest BCUT2D eigenvalue weighted by Crippen LogP contribution is 2.68. The predicted octanol–water partition coefficient (Wildman–Crippen LogP) is 6.21. The van der Waals surface area contributed by atoms with Gasteiger partial charge >= 0.3 is 5.97 Å². The zero-order chi connectivity index (χ0) is 34.3. The van der Waals surface area contributed by atoms with Crippen LogP contribution >= 0.6 is 0 Å². The molecule has 1 saturated carbocycles. The van der Waals surface area contributed by atoms with E-state index < -0.39 is 46.0 Å². The van der Waals surface area contributed by atoms with Gasteiger partial charge in [-0.3, -0.25) is 9.59 Å². The Morgan fingerprint density at radius 1 is 1.04 bits per heavy atom. The van der Waals surface area contributed by atoms with Crippen LogP contribution in [0.4, 0.5) is 0 Å². The molecule has 3 aliphatic carbocycles. The van der Waals surface area contributed by atoms with Crippen LogP contribution in [0.2, 0.25) is 0 Å². The van der Waals surface area contributed by atoms with Crippen molar-refractivity contribution in [2.45, 2.75) is 103 Å². The molecule has 6 aliphatic rings. The zero-order valence-corrected chi connectivity index (χ0v) is 28.2. The number of Topliss-reactive ketones (excluding diaryl/α,β-unsaturated/α-hetero) is 2. The number of hydrogen-bond donors (Lipinski definition) is 3. The fourth-order valence-electron chi connectivity index (χ4n) is 8.21. The van der Waals surface area contributed by atoms with Crippen molar-refractivity contribution in [3.05, 3.63) is 69.4 Å². The van der Waals surface area contributed by atoms with Gasteiger partial charge in [-0.1, -0.05) is 35.5 Å². The maximum absolute atomic E-state index is 14.7. The van der Waals surface area contributed by atoms with E-state index in [1.165, 1.54) is 18.6 Å². The Labute approximate surface area is 275 Å². The Kier molecular flexibility index (Phi) is 7.76. The van der Waals surface area contributed by atoms with Crippen LogP contribution in [0.25, 0.3) is 6.08 Å². The number of carboxylic acid groups (broad SMARTS) is 1. The average Bonchev–Trinajstić information content (AvgIpc) is 3.16. The molecule has 1 spiro atoms. The number of carbonyl (C=O) groups excluding carboxylic acids is 2. The van der Waals surface area contributed by atoms with Gasteiger partial charge in [0.2, 0.25) is 0 Å². The third-order valence-corrected chi connectivity index (χ3v) is 10.7. The van der Waals surface area contributed by atoms with Crippen molar-refractivity contribution in [3.8, 4) is 17.2 Å². The number of phenolic OH excluding ortho intramolecular Hbond substituents is 1. The molecule has 250 valence electrons. The molecule has 1 aromatic rings. The van der Waals surface area contributed by atoms with Crippen LogP contribution in [0.5, 0.6) is 17.2 Å². The minimum atomic E-state index is -1.67. The molecule has 2 fully saturated rings. The van der Waals surface area contributed by atoms with Gasteiger partial charge in [0, 0.05) is 35.0 Å². The Balaban J connectivity index is 1.59. The maximum atomic E-state index is 14.7. The summed E-state index contributed by atoms with van der Waals surface area (Å²) in [5.74, 6) is -2.63. The topological polar surface area (TPSA) is 140 Å². The lowest BCUT2D eigenvalue weighted by atomic mass is 9.51. The monoisotopic (exact) mass is 644 g/mol. The first-order valence-corrected chi connectivity index (χ1v) is 16.3. The van der Waals surface area contributed by atoms with Gasteiger partial charge in [-0.05, 0) is 86.3 Å². The molecule has 9 heteroatoms. The number of carboxylic acids is 1. The van der Waals surface area contributed by atoms with Gasteiger partial charge in [-0.25, -0.2) is 4.79 Å². The van der Waals surface area contributed by atoms with Gasteiger partial charge in [0.1, 0.15) is 28.4 Å². The van der Waals surface area contributed by atoms with Crippen molar-refractivity contribution >= 4 is 23.6 Å². The number of hydrogen-bond acceptors (Lipinski definition) is 8. The highest BCUT2D eigenvalue weighted by atomic mass is 16.6. The Morgan fingerprint density at radius 2 is 1.77 bits per heavy atom. The number of carbonyl (C=O) groups is 3. The summed E-state index contributed by atoms with van der Waals surface area (Å²) in [6.45, 7) is 12.9. The number of ether oxygens (including phenoxy) is 3. The van der Waals surface area contributed by atoms with Crippen molar-refractivity contribution < 1.29 is 43.9 Å². The molecular weight excluding hydrogens is 600 g/mol. The molecule has 4 bridgehead atoms. The normalized spacial score (nSPS) is 31.4. The van der Waals surface area contributed by atoms with Crippen LogP contribution in [-0.4, -0.2) is 61.9 Å². The summed E-state index contributed by atoms with van der Waals surface area (Å²) in [5.41, 5.74) is -1.78. The van der Waals surface area contributed by atoms with E-state index in [2.05, 4.69) is 6.08 Å². The van der Waals surface area contributed by atoms with Crippen molar-refractivity contribution in [1.29, 1.82) is 0 Å². The maximum Gasteiger partial charge on any atom is 0.330 e. The molecule has 3 heterocycles. The van der Waals surface area contributed by atoms with E-state index in [0.717, 1.165) is 6.42 Å². The fraction of sp³-hybridized carbons (Fsp3) is 0.500. The zero-order valence-electron chi connectivity index (χ0n) is 28.2. The number of phenols is 1. The molecule has 9 nitrogen and oxygen atoms in total. The first-order valence-electron chi connectivity index (χ1n) is 16.3. The van der Waals surface area contributed by atoms with Crippen LogP contribution in [0.3, 0.4) is 0 Å². The van der Waals surface area contributed by atoms with Crippen LogP contribution in [0.15, 0.2) is 52.7 Å². The molecule has 3 N–H and O–H groups in total. The van der Waals surface area contributed by atoms with Gasteiger partial charge < -0.3 is 29.5 Å². The number of allylic oxidation sites excluding steroid dienone is 4. The van der Waals surface area contributed by atoms with Gasteiger partial charge in [0.05, 0.1) is 17.8 Å². The molecule has 0 radical (unpaired) electrons. The van der Waals surface area contributed by atoms with E-state index in [1.54, 1.807) is 19.1 Å². The van der Waals surface area contributed by atoms with E-state index in [1.807, 2.05) is 46.8 Å². The fourth-order valence-corrected chi connectivity index (χ4v) is 8.21. The number of aliphatic hydroxyl groups excluding tert-OH is 1. The average molecular weight is 645 g/mol. The largest absolute Gasteiger partial charge is 0.506 e. The van der Waals surface area contributed by atoms with Crippen LogP contribution in [-0.2, 0) is 20.7 Å². The molecule has 5 atom stereocenters. The molecule has 0 amide bonds. The van der Waals surface area contributed by atoms with Crippen molar-refractivity contribution in [2.75, 3.05) is 6.61 Å². The second kappa shape index (κ2) is 11.1. The lowest BCUT2D eigenvalue weighted by Gasteiger charge is -2.56. The van der Waals surface area contributed by atoms with E-state index in [0.29, 0.717) is 35.3 Å². The number of rotatable bonds is 9. The van der Waals surface area contributed by atoms with E-state index in [9.17, 15) is 29.7 Å². The first kappa shape index (κ1) is 33.0. The summed E-state index contributed by atoms with van der Waals surface area (Å²) in [5, 5.41) is 31.3.